The van der Waals surface area contributed by atoms with E-state index in [0.717, 1.165) is 18.8 Å². The van der Waals surface area contributed by atoms with Crippen LogP contribution in [-0.4, -0.2) is 20.2 Å². The van der Waals surface area contributed by atoms with E-state index in [1.165, 1.54) is 49.8 Å². The van der Waals surface area contributed by atoms with Gasteiger partial charge in [-0.25, -0.2) is 0 Å². The summed E-state index contributed by atoms with van der Waals surface area (Å²) >= 11 is 0. The Bertz CT molecular complexity index is 618. The molecule has 0 amide bonds. The largest absolute Gasteiger partial charge is 0.497 e. The highest BCUT2D eigenvalue weighted by atomic mass is 16.5. The molecule has 2 rings (SSSR count). The molecule has 0 atom stereocenters. The van der Waals surface area contributed by atoms with Crippen LogP contribution in [0.2, 0.25) is 0 Å². The highest BCUT2D eigenvalue weighted by Crippen LogP contribution is 2.20. The molecule has 0 aliphatic rings. The number of hydrogen-bond acceptors (Lipinski definition) is 2. The molecule has 0 saturated heterocycles. The zero-order chi connectivity index (χ0) is 18.5. The third-order valence-electron chi connectivity index (χ3n) is 4.65. The lowest BCUT2D eigenvalue weighted by atomic mass is 10.1. The fourth-order valence-corrected chi connectivity index (χ4v) is 3.08. The molecule has 0 N–H and O–H groups in total. The van der Waals surface area contributed by atoms with Crippen LogP contribution in [0.5, 0.6) is 5.75 Å². The Balaban J connectivity index is 1.92. The Morgan fingerprint density at radius 2 is 1.54 bits per heavy atom. The zero-order valence-electron chi connectivity index (χ0n) is 16.4. The number of anilines is 1. The molecule has 0 bridgehead atoms. The van der Waals surface area contributed by atoms with Gasteiger partial charge in [0.25, 0.3) is 0 Å². The lowest BCUT2D eigenvalue weighted by molar-refractivity contribution is 0.415. The number of ether oxygens (including phenoxy) is 1. The lowest BCUT2D eigenvalue weighted by Crippen LogP contribution is -2.24. The first-order valence-electron chi connectivity index (χ1n) is 9.94. The molecule has 26 heavy (non-hydrogen) atoms. The van der Waals surface area contributed by atoms with Crippen molar-refractivity contribution in [1.29, 1.82) is 0 Å². The van der Waals surface area contributed by atoms with E-state index in [4.69, 9.17) is 4.74 Å². The van der Waals surface area contributed by atoms with Crippen LogP contribution in [0.25, 0.3) is 6.08 Å². The quantitative estimate of drug-likeness (QED) is 0.401. The maximum absolute atomic E-state index is 5.29. The van der Waals surface area contributed by atoms with Crippen molar-refractivity contribution in [1.82, 2.24) is 0 Å². The number of rotatable bonds is 12. The van der Waals surface area contributed by atoms with Gasteiger partial charge in [-0.1, -0.05) is 81.5 Å². The van der Waals surface area contributed by atoms with Crippen LogP contribution < -0.4 is 9.64 Å². The third-order valence-corrected chi connectivity index (χ3v) is 4.65. The molecule has 2 heteroatoms. The van der Waals surface area contributed by atoms with E-state index < -0.39 is 0 Å². The first-order chi connectivity index (χ1) is 12.8. The van der Waals surface area contributed by atoms with Crippen molar-refractivity contribution in [3.05, 3.63) is 66.2 Å². The summed E-state index contributed by atoms with van der Waals surface area (Å²) in [6.45, 7) is 4.29. The number of unbranched alkanes of at least 4 members (excludes halogenated alkanes) is 5. The van der Waals surface area contributed by atoms with Gasteiger partial charge in [-0.15, -0.1) is 0 Å². The number of hydrogen-bond donors (Lipinski definition) is 0. The molecular formula is C24H33NO. The van der Waals surface area contributed by atoms with E-state index in [9.17, 15) is 0 Å². The Hall–Kier alpha value is -2.22. The molecular weight excluding hydrogens is 318 g/mol. The van der Waals surface area contributed by atoms with E-state index in [0.29, 0.717) is 0 Å². The lowest BCUT2D eigenvalue weighted by Gasteiger charge is -2.23. The van der Waals surface area contributed by atoms with Gasteiger partial charge in [0.2, 0.25) is 0 Å². The van der Waals surface area contributed by atoms with Crippen LogP contribution in [0.4, 0.5) is 5.69 Å². The molecule has 0 aromatic heterocycles. The maximum Gasteiger partial charge on any atom is 0.119 e. The number of methoxy groups -OCH3 is 1. The Kier molecular flexibility index (Phi) is 9.42. The minimum atomic E-state index is 0.910. The van der Waals surface area contributed by atoms with Gasteiger partial charge in [-0.05, 0) is 36.2 Å². The summed E-state index contributed by atoms with van der Waals surface area (Å²) in [6.07, 6.45) is 12.4. The van der Waals surface area contributed by atoms with Gasteiger partial charge in [-0.2, -0.15) is 0 Å². The SMILES string of the molecule is CCCCCCCCN(C/C=C/c1ccccc1)c1ccc(OC)cc1. The van der Waals surface area contributed by atoms with Gasteiger partial charge in [0.1, 0.15) is 5.75 Å². The summed E-state index contributed by atoms with van der Waals surface area (Å²) < 4.78 is 5.29. The molecule has 0 saturated carbocycles. The molecule has 2 aromatic carbocycles. The number of nitrogens with zero attached hydrogens (tertiary/aromatic N) is 1. The standard InChI is InChI=1S/C24H33NO/c1-3-4-5-6-7-11-20-25(23-16-18-24(26-2)19-17-23)21-12-15-22-13-9-8-10-14-22/h8-10,12-19H,3-7,11,20-21H2,1-2H3/b15-12+. The molecule has 2 nitrogen and oxygen atoms in total. The normalized spacial score (nSPS) is 11.0. The molecule has 0 unspecified atom stereocenters. The predicted octanol–water partition coefficient (Wildman–Crippen LogP) is 6.58. The molecule has 0 aliphatic heterocycles. The van der Waals surface area contributed by atoms with Crippen LogP contribution in [0.15, 0.2) is 60.7 Å². The second-order valence-electron chi connectivity index (χ2n) is 6.72. The molecule has 2 aromatic rings. The summed E-state index contributed by atoms with van der Waals surface area (Å²) in [5.41, 5.74) is 2.51. The first kappa shape index (κ1) is 20.1. The van der Waals surface area contributed by atoms with Gasteiger partial charge in [0.15, 0.2) is 0 Å². The average Bonchev–Trinajstić information content (AvgIpc) is 2.70. The predicted molar refractivity (Wildman–Crippen MR) is 114 cm³/mol. The Labute approximate surface area is 159 Å². The van der Waals surface area contributed by atoms with Gasteiger partial charge in [-0.3, -0.25) is 0 Å². The molecule has 0 fully saturated rings. The average molecular weight is 352 g/mol. The third kappa shape index (κ3) is 7.35. The highest BCUT2D eigenvalue weighted by Gasteiger charge is 2.05. The van der Waals surface area contributed by atoms with Crippen LogP contribution in [0, 0.1) is 0 Å². The first-order valence-corrected chi connectivity index (χ1v) is 9.94. The van der Waals surface area contributed by atoms with Crippen molar-refractivity contribution in [2.45, 2.75) is 45.4 Å². The van der Waals surface area contributed by atoms with E-state index in [2.05, 4.69) is 66.4 Å². The molecule has 140 valence electrons. The fraction of sp³-hybridized carbons (Fsp3) is 0.417. The van der Waals surface area contributed by atoms with E-state index in [-0.39, 0.29) is 0 Å². The van der Waals surface area contributed by atoms with Crippen molar-refractivity contribution in [2.24, 2.45) is 0 Å². The van der Waals surface area contributed by atoms with Gasteiger partial charge in [0, 0.05) is 18.8 Å². The van der Waals surface area contributed by atoms with E-state index in [1.54, 1.807) is 7.11 Å². The monoisotopic (exact) mass is 351 g/mol. The summed E-state index contributed by atoms with van der Waals surface area (Å²) in [6, 6.07) is 18.9. The van der Waals surface area contributed by atoms with Crippen molar-refractivity contribution in [3.8, 4) is 5.75 Å². The summed E-state index contributed by atoms with van der Waals surface area (Å²) in [7, 11) is 1.71. The second kappa shape index (κ2) is 12.2. The molecule has 0 aliphatic carbocycles. The van der Waals surface area contributed by atoms with Crippen LogP contribution in [-0.2, 0) is 0 Å². The van der Waals surface area contributed by atoms with Crippen molar-refractivity contribution < 1.29 is 4.74 Å². The van der Waals surface area contributed by atoms with Gasteiger partial charge >= 0.3 is 0 Å². The molecule has 0 radical (unpaired) electrons. The smallest absolute Gasteiger partial charge is 0.119 e. The number of benzene rings is 2. The van der Waals surface area contributed by atoms with Crippen molar-refractivity contribution in [2.75, 3.05) is 25.1 Å². The minimum Gasteiger partial charge on any atom is -0.497 e. The van der Waals surface area contributed by atoms with E-state index >= 15 is 0 Å². The van der Waals surface area contributed by atoms with Crippen LogP contribution in [0.1, 0.15) is 51.0 Å². The molecule has 0 heterocycles. The second-order valence-corrected chi connectivity index (χ2v) is 6.72. The zero-order valence-corrected chi connectivity index (χ0v) is 16.4. The minimum absolute atomic E-state index is 0.910. The van der Waals surface area contributed by atoms with Crippen molar-refractivity contribution >= 4 is 11.8 Å². The van der Waals surface area contributed by atoms with Crippen LogP contribution >= 0.6 is 0 Å². The fourth-order valence-electron chi connectivity index (χ4n) is 3.08. The Morgan fingerprint density at radius 3 is 2.23 bits per heavy atom. The summed E-state index contributed by atoms with van der Waals surface area (Å²) in [4.78, 5) is 2.46. The van der Waals surface area contributed by atoms with Gasteiger partial charge in [0.05, 0.1) is 7.11 Å². The topological polar surface area (TPSA) is 12.5 Å². The van der Waals surface area contributed by atoms with E-state index in [1.807, 2.05) is 12.1 Å². The maximum atomic E-state index is 5.29. The van der Waals surface area contributed by atoms with Crippen molar-refractivity contribution in [3.63, 3.8) is 0 Å². The summed E-state index contributed by atoms with van der Waals surface area (Å²) in [5, 5.41) is 0. The van der Waals surface area contributed by atoms with Crippen LogP contribution in [0.3, 0.4) is 0 Å². The highest BCUT2D eigenvalue weighted by molar-refractivity contribution is 5.53. The molecule has 0 spiro atoms. The van der Waals surface area contributed by atoms with Gasteiger partial charge < -0.3 is 9.64 Å². The summed E-state index contributed by atoms with van der Waals surface area (Å²) in [5.74, 6) is 0.910. The Morgan fingerprint density at radius 1 is 0.846 bits per heavy atom.